The van der Waals surface area contributed by atoms with Gasteiger partial charge in [-0.25, -0.2) is 4.79 Å². The molecule has 222 valence electrons. The summed E-state index contributed by atoms with van der Waals surface area (Å²) in [4.78, 5) is 65.5. The maximum atomic E-state index is 13.6. The molecule has 0 saturated carbocycles. The van der Waals surface area contributed by atoms with Crippen molar-refractivity contribution in [2.24, 2.45) is 11.7 Å². The molecular formula is C25H45N5O8Si. The first-order chi connectivity index (χ1) is 17.9. The molecule has 0 aromatic rings. The summed E-state index contributed by atoms with van der Waals surface area (Å²) in [6, 6.07) is -2.46. The third-order valence-corrected chi connectivity index (χ3v) is 12.6. The highest BCUT2D eigenvalue weighted by atomic mass is 28.4. The average Bonchev–Trinajstić information content (AvgIpc) is 3.50. The lowest BCUT2D eigenvalue weighted by atomic mass is 10.1. The number of amides is 5. The summed E-state index contributed by atoms with van der Waals surface area (Å²) in [7, 11) is -2.45. The van der Waals surface area contributed by atoms with Gasteiger partial charge >= 0.3 is 6.09 Å². The van der Waals surface area contributed by atoms with Crippen molar-refractivity contribution in [2.45, 2.75) is 102 Å². The van der Waals surface area contributed by atoms with Crippen molar-refractivity contribution >= 4 is 38.0 Å². The van der Waals surface area contributed by atoms with Gasteiger partial charge in [0.05, 0.1) is 18.0 Å². The number of carbonyl (C=O) groups is 5. The SMILES string of the molecule is C[C@H](NC(=O)[C@H]1CCCN1C(=O)[C@@H]1CCN(C(=O)[C@H](O[Si](C)(C)C(C)(C)C)[C@H](C)NC(=O)O)C1)[C@@H](O)C(N)=O. The van der Waals surface area contributed by atoms with E-state index in [2.05, 4.69) is 10.6 Å². The van der Waals surface area contributed by atoms with E-state index in [1.165, 1.54) is 16.7 Å². The normalized spacial score (nSPS) is 23.1. The quantitative estimate of drug-likeness (QED) is 0.230. The van der Waals surface area contributed by atoms with Crippen molar-refractivity contribution in [3.05, 3.63) is 0 Å². The van der Waals surface area contributed by atoms with Crippen LogP contribution in [0.3, 0.4) is 0 Å². The van der Waals surface area contributed by atoms with Crippen molar-refractivity contribution in [3.8, 4) is 0 Å². The van der Waals surface area contributed by atoms with Gasteiger partial charge in [0.25, 0.3) is 5.91 Å². The maximum Gasteiger partial charge on any atom is 0.404 e. The van der Waals surface area contributed by atoms with E-state index in [1.54, 1.807) is 6.92 Å². The molecule has 2 aliphatic heterocycles. The Hall–Kier alpha value is -2.71. The minimum absolute atomic E-state index is 0.135. The van der Waals surface area contributed by atoms with Crippen LogP contribution in [0.2, 0.25) is 18.1 Å². The fourth-order valence-electron chi connectivity index (χ4n) is 4.66. The number of likely N-dealkylation sites (tertiary alicyclic amines) is 2. The van der Waals surface area contributed by atoms with Gasteiger partial charge < -0.3 is 40.8 Å². The summed E-state index contributed by atoms with van der Waals surface area (Å²) in [6.07, 6.45) is -2.39. The molecule has 0 bridgehead atoms. The third kappa shape index (κ3) is 7.91. The highest BCUT2D eigenvalue weighted by molar-refractivity contribution is 6.74. The summed E-state index contributed by atoms with van der Waals surface area (Å²) in [6.45, 7) is 13.9. The van der Waals surface area contributed by atoms with E-state index < -0.39 is 62.5 Å². The lowest BCUT2D eigenvalue weighted by Crippen LogP contribution is -2.56. The minimum Gasteiger partial charge on any atom is -0.465 e. The van der Waals surface area contributed by atoms with Gasteiger partial charge in [-0.3, -0.25) is 19.2 Å². The summed E-state index contributed by atoms with van der Waals surface area (Å²) >= 11 is 0. The van der Waals surface area contributed by atoms with Crippen LogP contribution < -0.4 is 16.4 Å². The van der Waals surface area contributed by atoms with Crippen LogP contribution in [0, 0.1) is 5.92 Å². The Labute approximate surface area is 230 Å². The van der Waals surface area contributed by atoms with Crippen molar-refractivity contribution in [3.63, 3.8) is 0 Å². The van der Waals surface area contributed by atoms with Crippen LogP contribution >= 0.6 is 0 Å². The van der Waals surface area contributed by atoms with Crippen LogP contribution in [0.25, 0.3) is 0 Å². The number of carboxylic acid groups (broad SMARTS) is 1. The van der Waals surface area contributed by atoms with Gasteiger partial charge in [-0.1, -0.05) is 20.8 Å². The smallest absolute Gasteiger partial charge is 0.404 e. The monoisotopic (exact) mass is 571 g/mol. The molecule has 6 atom stereocenters. The summed E-state index contributed by atoms with van der Waals surface area (Å²) < 4.78 is 6.38. The molecule has 5 amide bonds. The number of nitrogens with zero attached hydrogens (tertiary/aromatic N) is 2. The van der Waals surface area contributed by atoms with Gasteiger partial charge in [0.2, 0.25) is 17.7 Å². The van der Waals surface area contributed by atoms with Crippen molar-refractivity contribution in [1.29, 1.82) is 0 Å². The van der Waals surface area contributed by atoms with Gasteiger partial charge in [-0.15, -0.1) is 0 Å². The van der Waals surface area contributed by atoms with Crippen LogP contribution in [-0.4, -0.2) is 108 Å². The summed E-state index contributed by atoms with van der Waals surface area (Å²) in [5.41, 5.74) is 5.10. The highest BCUT2D eigenvalue weighted by Crippen LogP contribution is 2.38. The van der Waals surface area contributed by atoms with Crippen LogP contribution in [0.4, 0.5) is 4.79 Å². The molecule has 2 heterocycles. The number of nitrogens with one attached hydrogen (secondary N) is 2. The van der Waals surface area contributed by atoms with Crippen LogP contribution in [0.5, 0.6) is 0 Å². The molecule has 0 aromatic carbocycles. The zero-order valence-electron chi connectivity index (χ0n) is 24.0. The molecular weight excluding hydrogens is 526 g/mol. The molecule has 13 nitrogen and oxygen atoms in total. The Morgan fingerprint density at radius 1 is 1.03 bits per heavy atom. The van der Waals surface area contributed by atoms with Crippen molar-refractivity contribution < 1.29 is 38.6 Å². The Morgan fingerprint density at radius 2 is 1.64 bits per heavy atom. The average molecular weight is 572 g/mol. The molecule has 0 unspecified atom stereocenters. The number of hydrogen-bond acceptors (Lipinski definition) is 7. The van der Waals surface area contributed by atoms with Gasteiger partial charge in [-0.2, -0.15) is 0 Å². The Morgan fingerprint density at radius 3 is 2.18 bits per heavy atom. The lowest BCUT2D eigenvalue weighted by molar-refractivity contribution is -0.143. The number of carbonyl (C=O) groups excluding carboxylic acids is 4. The maximum absolute atomic E-state index is 13.6. The van der Waals surface area contributed by atoms with E-state index in [4.69, 9.17) is 10.2 Å². The molecule has 6 N–H and O–H groups in total. The number of rotatable bonds is 10. The zero-order valence-corrected chi connectivity index (χ0v) is 25.0. The molecule has 2 aliphatic rings. The minimum atomic E-state index is -2.45. The molecule has 0 spiro atoms. The van der Waals surface area contributed by atoms with Crippen LogP contribution in [-0.2, 0) is 23.6 Å². The van der Waals surface area contributed by atoms with E-state index >= 15 is 0 Å². The first kappa shape index (κ1) is 32.5. The Kier molecular flexibility index (Phi) is 10.5. The topological polar surface area (TPSA) is 192 Å². The van der Waals surface area contributed by atoms with Gasteiger partial charge in [-0.05, 0) is 51.2 Å². The van der Waals surface area contributed by atoms with E-state index in [-0.39, 0.29) is 23.4 Å². The molecule has 2 rings (SSSR count). The first-order valence-electron chi connectivity index (χ1n) is 13.4. The fourth-order valence-corrected chi connectivity index (χ4v) is 5.95. The Balaban J connectivity index is 2.12. The number of primary amides is 1. The van der Waals surface area contributed by atoms with Crippen molar-refractivity contribution in [1.82, 2.24) is 20.4 Å². The molecule has 2 fully saturated rings. The zero-order chi connectivity index (χ0) is 29.9. The fraction of sp³-hybridized carbons (Fsp3) is 0.800. The predicted molar refractivity (Wildman–Crippen MR) is 145 cm³/mol. The molecule has 2 saturated heterocycles. The Bertz CT molecular complexity index is 955. The number of nitrogens with two attached hydrogens (primary N) is 1. The second-order valence-corrected chi connectivity index (χ2v) is 16.9. The summed E-state index contributed by atoms with van der Waals surface area (Å²) in [5, 5.41) is 23.8. The van der Waals surface area contributed by atoms with E-state index in [1.807, 2.05) is 33.9 Å². The molecule has 0 radical (unpaired) electrons. The molecule has 14 heteroatoms. The molecule has 0 aliphatic carbocycles. The van der Waals surface area contributed by atoms with Crippen molar-refractivity contribution in [2.75, 3.05) is 19.6 Å². The van der Waals surface area contributed by atoms with E-state index in [0.29, 0.717) is 32.4 Å². The van der Waals surface area contributed by atoms with Gasteiger partial charge in [0.1, 0.15) is 12.1 Å². The molecule has 39 heavy (non-hydrogen) atoms. The second kappa shape index (κ2) is 12.6. The first-order valence-corrected chi connectivity index (χ1v) is 16.3. The van der Waals surface area contributed by atoms with Gasteiger partial charge in [0, 0.05) is 19.6 Å². The van der Waals surface area contributed by atoms with Gasteiger partial charge in [0.15, 0.2) is 14.4 Å². The number of aliphatic hydroxyl groups excluding tert-OH is 1. The van der Waals surface area contributed by atoms with Crippen LogP contribution in [0.15, 0.2) is 0 Å². The van der Waals surface area contributed by atoms with E-state index in [9.17, 15) is 34.2 Å². The highest BCUT2D eigenvalue weighted by Gasteiger charge is 2.46. The summed E-state index contributed by atoms with van der Waals surface area (Å²) in [5.74, 6) is -2.57. The van der Waals surface area contributed by atoms with E-state index in [0.717, 1.165) is 0 Å². The lowest BCUT2D eigenvalue weighted by Gasteiger charge is -2.41. The standard InChI is InChI=1S/C25H45N5O8Si/c1-14(18(31)20(26)32)27-21(33)17-9-8-11-30(17)22(34)16-10-12-29(13-16)23(35)19(15(2)28-24(36)37)38-39(6,7)25(3,4)5/h14-19,28,31H,8-13H2,1-7H3,(H2,26,32)(H,27,33)(H,36,37)/t14-,15-,16+,17+,18+,19+/m0/s1. The second-order valence-electron chi connectivity index (χ2n) is 12.1. The number of hydrogen-bond donors (Lipinski definition) is 5. The molecule has 0 aromatic heterocycles. The predicted octanol–water partition coefficient (Wildman–Crippen LogP) is 0.223. The van der Waals surface area contributed by atoms with Crippen LogP contribution in [0.1, 0.15) is 53.9 Å². The largest absolute Gasteiger partial charge is 0.465 e. The third-order valence-electron chi connectivity index (χ3n) is 8.10. The number of aliphatic hydroxyl groups is 1.